The number of nitro benzene ring substituents is 1. The lowest BCUT2D eigenvalue weighted by Gasteiger charge is -2.13. The van der Waals surface area contributed by atoms with Crippen molar-refractivity contribution in [2.45, 2.75) is 32.6 Å². The zero-order chi connectivity index (χ0) is 18.0. The molecule has 3 rings (SSSR count). The molecule has 1 unspecified atom stereocenters. The summed E-state index contributed by atoms with van der Waals surface area (Å²) in [5.41, 5.74) is 2.86. The Morgan fingerprint density at radius 2 is 2.20 bits per heavy atom. The largest absolute Gasteiger partial charge is 0.496 e. The minimum atomic E-state index is -0.450. The normalized spacial score (nSPS) is 15.4. The van der Waals surface area contributed by atoms with Crippen molar-refractivity contribution in [2.24, 2.45) is 0 Å². The van der Waals surface area contributed by atoms with Crippen LogP contribution in [-0.2, 0) is 19.6 Å². The van der Waals surface area contributed by atoms with Gasteiger partial charge >= 0.3 is 0 Å². The summed E-state index contributed by atoms with van der Waals surface area (Å²) < 4.78 is 11.2. The van der Waals surface area contributed by atoms with E-state index in [-0.39, 0.29) is 18.4 Å². The summed E-state index contributed by atoms with van der Waals surface area (Å²) in [4.78, 5) is 10.8. The molecule has 0 aromatic heterocycles. The van der Waals surface area contributed by atoms with E-state index in [0.29, 0.717) is 23.5 Å². The van der Waals surface area contributed by atoms with E-state index < -0.39 is 4.92 Å². The Morgan fingerprint density at radius 3 is 2.88 bits per heavy atom. The van der Waals surface area contributed by atoms with Crippen molar-refractivity contribution in [1.29, 1.82) is 0 Å². The van der Waals surface area contributed by atoms with Crippen molar-refractivity contribution < 1.29 is 19.5 Å². The fourth-order valence-electron chi connectivity index (χ4n) is 2.98. The highest BCUT2D eigenvalue weighted by Gasteiger charge is 2.22. The molecule has 7 nitrogen and oxygen atoms in total. The summed E-state index contributed by atoms with van der Waals surface area (Å²) >= 11 is 0. The van der Waals surface area contributed by atoms with Crippen molar-refractivity contribution >= 4 is 11.4 Å². The number of fused-ring (bicyclic) bond motifs is 1. The second-order valence-corrected chi connectivity index (χ2v) is 6.02. The third-order valence-electron chi connectivity index (χ3n) is 4.21. The molecular formula is C18H20N2O5. The van der Waals surface area contributed by atoms with Crippen LogP contribution in [0.4, 0.5) is 11.4 Å². The standard InChI is InChI=1S/C18H20N2O5/c1-11-5-13-7-17(24-2)14(8-18(13)25-11)9-19-15-6-12(10-21)3-4-16(15)20(22)23/h3-4,6-8,11,19,21H,5,9-10H2,1-2H3. The number of ether oxygens (including phenoxy) is 2. The van der Waals surface area contributed by atoms with Crippen LogP contribution < -0.4 is 14.8 Å². The van der Waals surface area contributed by atoms with Crippen LogP contribution in [0.1, 0.15) is 23.6 Å². The SMILES string of the molecule is COc1cc2c(cc1CNc1cc(CO)ccc1[N+](=O)[O-])OC(C)C2. The number of anilines is 1. The zero-order valence-corrected chi connectivity index (χ0v) is 14.1. The third-order valence-corrected chi connectivity index (χ3v) is 4.21. The van der Waals surface area contributed by atoms with Crippen molar-refractivity contribution in [2.75, 3.05) is 12.4 Å². The summed E-state index contributed by atoms with van der Waals surface area (Å²) in [6.07, 6.45) is 0.967. The molecule has 132 valence electrons. The molecule has 2 aromatic rings. The topological polar surface area (TPSA) is 93.9 Å². The maximum absolute atomic E-state index is 11.2. The summed E-state index contributed by atoms with van der Waals surface area (Å²) in [6, 6.07) is 8.37. The van der Waals surface area contributed by atoms with E-state index in [1.54, 1.807) is 13.2 Å². The molecule has 0 fully saturated rings. The average molecular weight is 344 g/mol. The van der Waals surface area contributed by atoms with E-state index in [1.807, 2.05) is 19.1 Å². The Labute approximate surface area is 145 Å². The molecule has 0 bridgehead atoms. The molecule has 0 saturated heterocycles. The molecule has 1 aliphatic rings. The summed E-state index contributed by atoms with van der Waals surface area (Å²) in [7, 11) is 1.60. The second-order valence-electron chi connectivity index (χ2n) is 6.02. The van der Waals surface area contributed by atoms with Gasteiger partial charge in [-0.3, -0.25) is 10.1 Å². The molecule has 1 aliphatic heterocycles. The molecule has 0 radical (unpaired) electrons. The van der Waals surface area contributed by atoms with Crippen molar-refractivity contribution in [3.8, 4) is 11.5 Å². The fourth-order valence-corrected chi connectivity index (χ4v) is 2.98. The number of aliphatic hydroxyl groups excluding tert-OH is 1. The Kier molecular flexibility index (Phi) is 4.76. The van der Waals surface area contributed by atoms with E-state index in [2.05, 4.69) is 5.32 Å². The highest BCUT2D eigenvalue weighted by atomic mass is 16.6. The lowest BCUT2D eigenvalue weighted by Crippen LogP contribution is -2.06. The van der Waals surface area contributed by atoms with E-state index in [1.165, 1.54) is 12.1 Å². The molecule has 7 heteroatoms. The molecule has 0 amide bonds. The second kappa shape index (κ2) is 6.98. The first-order valence-electron chi connectivity index (χ1n) is 8.00. The van der Waals surface area contributed by atoms with Crippen molar-refractivity contribution in [3.05, 3.63) is 57.1 Å². The van der Waals surface area contributed by atoms with Gasteiger partial charge in [0.05, 0.1) is 18.6 Å². The molecule has 1 heterocycles. The number of nitrogens with one attached hydrogen (secondary N) is 1. The summed E-state index contributed by atoms with van der Waals surface area (Å²) in [6.45, 7) is 2.17. The molecule has 2 aromatic carbocycles. The van der Waals surface area contributed by atoms with Gasteiger partial charge in [-0.2, -0.15) is 0 Å². The van der Waals surface area contributed by atoms with E-state index >= 15 is 0 Å². The van der Waals surface area contributed by atoms with Gasteiger partial charge in [0.2, 0.25) is 0 Å². The van der Waals surface area contributed by atoms with Gasteiger partial charge < -0.3 is 19.9 Å². The summed E-state index contributed by atoms with van der Waals surface area (Å²) in [5, 5.41) is 23.5. The van der Waals surface area contributed by atoms with Crippen molar-refractivity contribution in [1.82, 2.24) is 0 Å². The van der Waals surface area contributed by atoms with Gasteiger partial charge in [-0.05, 0) is 36.8 Å². The number of nitrogens with zero attached hydrogens (tertiary/aromatic N) is 1. The van der Waals surface area contributed by atoms with Gasteiger partial charge in [0.25, 0.3) is 5.69 Å². The smallest absolute Gasteiger partial charge is 0.292 e. The van der Waals surface area contributed by atoms with Gasteiger partial charge in [0.1, 0.15) is 23.3 Å². The zero-order valence-electron chi connectivity index (χ0n) is 14.1. The maximum atomic E-state index is 11.2. The first-order chi connectivity index (χ1) is 12.0. The lowest BCUT2D eigenvalue weighted by atomic mass is 10.1. The van der Waals surface area contributed by atoms with Gasteiger partial charge in [0, 0.05) is 30.2 Å². The van der Waals surface area contributed by atoms with Gasteiger partial charge in [-0.15, -0.1) is 0 Å². The number of rotatable bonds is 6. The quantitative estimate of drug-likeness (QED) is 0.618. The minimum absolute atomic E-state index is 0.0396. The van der Waals surface area contributed by atoms with Crippen LogP contribution in [0.5, 0.6) is 11.5 Å². The Bertz CT molecular complexity index is 806. The van der Waals surface area contributed by atoms with Crippen LogP contribution in [0, 0.1) is 10.1 Å². The van der Waals surface area contributed by atoms with Crippen LogP contribution in [0.25, 0.3) is 0 Å². The van der Waals surface area contributed by atoms with Gasteiger partial charge in [-0.25, -0.2) is 0 Å². The first kappa shape index (κ1) is 17.0. The Balaban J connectivity index is 1.87. The molecule has 1 atom stereocenters. The lowest BCUT2D eigenvalue weighted by molar-refractivity contribution is -0.384. The Morgan fingerprint density at radius 1 is 1.40 bits per heavy atom. The predicted molar refractivity (Wildman–Crippen MR) is 93.1 cm³/mol. The van der Waals surface area contributed by atoms with Crippen LogP contribution in [0.3, 0.4) is 0 Å². The van der Waals surface area contributed by atoms with Crippen LogP contribution in [0.2, 0.25) is 0 Å². The van der Waals surface area contributed by atoms with Crippen LogP contribution in [0.15, 0.2) is 30.3 Å². The van der Waals surface area contributed by atoms with Crippen LogP contribution in [-0.4, -0.2) is 23.2 Å². The number of hydrogen-bond acceptors (Lipinski definition) is 6. The fraction of sp³-hybridized carbons (Fsp3) is 0.333. The number of nitro groups is 1. The monoisotopic (exact) mass is 344 g/mol. The predicted octanol–water partition coefficient (Wildman–Crippen LogP) is 3.03. The molecule has 25 heavy (non-hydrogen) atoms. The third kappa shape index (κ3) is 3.51. The first-order valence-corrected chi connectivity index (χ1v) is 8.00. The van der Waals surface area contributed by atoms with Crippen LogP contribution >= 0.6 is 0 Å². The molecule has 0 spiro atoms. The van der Waals surface area contributed by atoms with Crippen molar-refractivity contribution in [3.63, 3.8) is 0 Å². The minimum Gasteiger partial charge on any atom is -0.496 e. The molecule has 0 aliphatic carbocycles. The number of benzene rings is 2. The molecule has 0 saturated carbocycles. The van der Waals surface area contributed by atoms with E-state index in [9.17, 15) is 15.2 Å². The highest BCUT2D eigenvalue weighted by molar-refractivity contribution is 5.63. The highest BCUT2D eigenvalue weighted by Crippen LogP contribution is 2.35. The maximum Gasteiger partial charge on any atom is 0.292 e. The number of hydrogen-bond donors (Lipinski definition) is 2. The average Bonchev–Trinajstić information content (AvgIpc) is 2.97. The number of aliphatic hydroxyl groups is 1. The molecular weight excluding hydrogens is 324 g/mol. The van der Waals surface area contributed by atoms with E-state index in [4.69, 9.17) is 9.47 Å². The van der Waals surface area contributed by atoms with Gasteiger partial charge in [-0.1, -0.05) is 0 Å². The summed E-state index contributed by atoms with van der Waals surface area (Å²) in [5.74, 6) is 1.54. The molecule has 2 N–H and O–H groups in total. The van der Waals surface area contributed by atoms with Gasteiger partial charge in [0.15, 0.2) is 0 Å². The number of methoxy groups -OCH3 is 1. The van der Waals surface area contributed by atoms with E-state index in [0.717, 1.165) is 23.3 Å². The Hall–Kier alpha value is -2.80.